The molecule has 152 valence electrons. The first-order valence-corrected chi connectivity index (χ1v) is 8.99. The van der Waals surface area contributed by atoms with Crippen LogP contribution in [0.2, 0.25) is 0 Å². The van der Waals surface area contributed by atoms with E-state index in [1.807, 2.05) is 6.92 Å². The van der Waals surface area contributed by atoms with Gasteiger partial charge in [-0.25, -0.2) is 0 Å². The highest BCUT2D eigenvalue weighted by atomic mass is 19.4. The molecule has 1 aliphatic rings. The highest BCUT2D eigenvalue weighted by Crippen LogP contribution is 2.31. The van der Waals surface area contributed by atoms with Crippen molar-refractivity contribution >= 4 is 5.91 Å². The second kappa shape index (κ2) is 8.27. The molecule has 3 rings (SSSR count). The summed E-state index contributed by atoms with van der Waals surface area (Å²) >= 11 is 0. The molecule has 28 heavy (non-hydrogen) atoms. The Hall–Kier alpha value is -2.46. The van der Waals surface area contributed by atoms with E-state index in [1.54, 1.807) is 4.90 Å². The van der Waals surface area contributed by atoms with Crippen LogP contribution < -0.4 is 5.73 Å². The van der Waals surface area contributed by atoms with Gasteiger partial charge in [-0.1, -0.05) is 24.2 Å². The first-order chi connectivity index (χ1) is 13.3. The van der Waals surface area contributed by atoms with Crippen molar-refractivity contribution in [1.29, 1.82) is 0 Å². The van der Waals surface area contributed by atoms with Crippen LogP contribution in [-0.4, -0.2) is 58.6 Å². The first-order valence-electron chi connectivity index (χ1n) is 8.99. The maximum atomic E-state index is 12.9. The smallest absolute Gasteiger partial charge is 0.340 e. The number of alkyl halides is 3. The van der Waals surface area contributed by atoms with Gasteiger partial charge in [-0.05, 0) is 12.1 Å². The third-order valence-electron chi connectivity index (χ3n) is 4.73. The van der Waals surface area contributed by atoms with Crippen LogP contribution in [0.4, 0.5) is 13.2 Å². The molecule has 0 spiro atoms. The Morgan fingerprint density at radius 3 is 2.64 bits per heavy atom. The molecule has 1 aliphatic heterocycles. The van der Waals surface area contributed by atoms with Gasteiger partial charge in [0.1, 0.15) is 0 Å². The van der Waals surface area contributed by atoms with Gasteiger partial charge in [-0.3, -0.25) is 9.69 Å². The second-order valence-corrected chi connectivity index (χ2v) is 6.83. The molecule has 2 aromatic rings. The van der Waals surface area contributed by atoms with E-state index < -0.39 is 11.7 Å². The molecular formula is C18H22F3N5O2. The highest BCUT2D eigenvalue weighted by Gasteiger charge is 2.31. The van der Waals surface area contributed by atoms with E-state index in [0.717, 1.165) is 12.1 Å². The maximum Gasteiger partial charge on any atom is 0.416 e. The van der Waals surface area contributed by atoms with Crippen molar-refractivity contribution in [2.24, 2.45) is 11.7 Å². The van der Waals surface area contributed by atoms with Gasteiger partial charge < -0.3 is 15.2 Å². The number of benzene rings is 1. The Kier molecular flexibility index (Phi) is 5.99. The van der Waals surface area contributed by atoms with Crippen LogP contribution in [0.25, 0.3) is 11.4 Å². The summed E-state index contributed by atoms with van der Waals surface area (Å²) < 4.78 is 43.8. The van der Waals surface area contributed by atoms with Gasteiger partial charge in [0.25, 0.3) is 0 Å². The summed E-state index contributed by atoms with van der Waals surface area (Å²) in [5.41, 5.74) is 5.03. The monoisotopic (exact) mass is 397 g/mol. The number of amides is 1. The zero-order chi connectivity index (χ0) is 20.3. The van der Waals surface area contributed by atoms with Gasteiger partial charge in [-0.2, -0.15) is 18.2 Å². The molecule has 10 heteroatoms. The Labute approximate surface area is 160 Å². The molecule has 0 aliphatic carbocycles. The van der Waals surface area contributed by atoms with E-state index >= 15 is 0 Å². The summed E-state index contributed by atoms with van der Waals surface area (Å²) in [5.74, 6) is 0.290. The Bertz CT molecular complexity index is 816. The molecular weight excluding hydrogens is 375 g/mol. The lowest BCUT2D eigenvalue weighted by Crippen LogP contribution is -2.50. The summed E-state index contributed by atoms with van der Waals surface area (Å²) in [6, 6.07) is 4.81. The molecule has 2 N–H and O–H groups in total. The third kappa shape index (κ3) is 4.68. The normalized spacial score (nSPS) is 17.0. The van der Waals surface area contributed by atoms with E-state index in [1.165, 1.54) is 12.1 Å². The quantitative estimate of drug-likeness (QED) is 0.830. The fraction of sp³-hybridized carbons (Fsp3) is 0.500. The predicted molar refractivity (Wildman–Crippen MR) is 94.8 cm³/mol. The van der Waals surface area contributed by atoms with Gasteiger partial charge in [0.05, 0.1) is 12.1 Å². The summed E-state index contributed by atoms with van der Waals surface area (Å²) in [6.45, 7) is 4.95. The number of nitrogens with two attached hydrogens (primary N) is 1. The Morgan fingerprint density at radius 2 is 2.00 bits per heavy atom. The molecule has 0 saturated carbocycles. The Morgan fingerprint density at radius 1 is 1.29 bits per heavy atom. The molecule has 1 saturated heterocycles. The van der Waals surface area contributed by atoms with Crippen LogP contribution in [-0.2, 0) is 17.5 Å². The highest BCUT2D eigenvalue weighted by molar-refractivity contribution is 5.78. The largest absolute Gasteiger partial charge is 0.416 e. The first kappa shape index (κ1) is 20.3. The molecule has 0 radical (unpaired) electrons. The second-order valence-electron chi connectivity index (χ2n) is 6.83. The molecule has 1 atom stereocenters. The van der Waals surface area contributed by atoms with E-state index in [4.69, 9.17) is 10.3 Å². The van der Waals surface area contributed by atoms with E-state index in [2.05, 4.69) is 15.0 Å². The van der Waals surface area contributed by atoms with Crippen LogP contribution >= 0.6 is 0 Å². The van der Waals surface area contributed by atoms with Crippen molar-refractivity contribution in [2.45, 2.75) is 19.6 Å². The van der Waals surface area contributed by atoms with Crippen LogP contribution in [0.3, 0.4) is 0 Å². The zero-order valence-electron chi connectivity index (χ0n) is 15.4. The van der Waals surface area contributed by atoms with Crippen LogP contribution in [0.5, 0.6) is 0 Å². The van der Waals surface area contributed by atoms with Crippen LogP contribution in [0.1, 0.15) is 18.4 Å². The van der Waals surface area contributed by atoms with Crippen LogP contribution in [0.15, 0.2) is 28.8 Å². The SMILES string of the molecule is CC(CN)C(=O)N1CCN(Cc2nc(-c3cccc(C(F)(F)F)c3)no2)CC1. The topological polar surface area (TPSA) is 88.5 Å². The number of hydrogen-bond acceptors (Lipinski definition) is 6. The minimum absolute atomic E-state index is 0.0479. The maximum absolute atomic E-state index is 12.9. The molecule has 1 amide bonds. The summed E-state index contributed by atoms with van der Waals surface area (Å²) in [4.78, 5) is 20.2. The number of nitrogens with zero attached hydrogens (tertiary/aromatic N) is 4. The molecule has 1 unspecified atom stereocenters. The molecule has 1 aromatic heterocycles. The van der Waals surface area contributed by atoms with Crippen LogP contribution in [0, 0.1) is 5.92 Å². The lowest BCUT2D eigenvalue weighted by molar-refractivity contribution is -0.138. The molecule has 2 heterocycles. The predicted octanol–water partition coefficient (Wildman–Crippen LogP) is 1.99. The van der Waals surface area contributed by atoms with Gasteiger partial charge in [0.15, 0.2) is 0 Å². The van der Waals surface area contributed by atoms with Crippen molar-refractivity contribution in [3.8, 4) is 11.4 Å². The minimum Gasteiger partial charge on any atom is -0.340 e. The average molecular weight is 397 g/mol. The van der Waals surface area contributed by atoms with Crippen molar-refractivity contribution in [2.75, 3.05) is 32.7 Å². The van der Waals surface area contributed by atoms with Gasteiger partial charge in [-0.15, -0.1) is 0 Å². The molecule has 1 fully saturated rings. The minimum atomic E-state index is -4.43. The summed E-state index contributed by atoms with van der Waals surface area (Å²) in [5, 5.41) is 3.79. The lowest BCUT2D eigenvalue weighted by atomic mass is 10.1. The van der Waals surface area contributed by atoms with Gasteiger partial charge in [0, 0.05) is 44.2 Å². The number of carbonyl (C=O) groups excluding carboxylic acids is 1. The molecule has 0 bridgehead atoms. The van der Waals surface area contributed by atoms with Gasteiger partial charge in [0.2, 0.25) is 17.6 Å². The number of aromatic nitrogens is 2. The summed E-state index contributed by atoms with van der Waals surface area (Å²) in [6.07, 6.45) is -4.43. The number of hydrogen-bond donors (Lipinski definition) is 1. The summed E-state index contributed by atoms with van der Waals surface area (Å²) in [7, 11) is 0. The Balaban J connectivity index is 1.60. The van der Waals surface area contributed by atoms with E-state index in [0.29, 0.717) is 45.2 Å². The number of rotatable bonds is 5. The zero-order valence-corrected chi connectivity index (χ0v) is 15.4. The van der Waals surface area contributed by atoms with Crippen molar-refractivity contribution in [3.63, 3.8) is 0 Å². The van der Waals surface area contributed by atoms with E-state index in [9.17, 15) is 18.0 Å². The van der Waals surface area contributed by atoms with Crippen molar-refractivity contribution in [1.82, 2.24) is 19.9 Å². The fourth-order valence-corrected chi connectivity index (χ4v) is 3.00. The standard InChI is InChI=1S/C18H22F3N5O2/c1-12(10-22)17(27)26-7-5-25(6-8-26)11-15-23-16(24-28-15)13-3-2-4-14(9-13)18(19,20)21/h2-4,9,12H,5-8,10-11,22H2,1H3. The number of halogens is 3. The van der Waals surface area contributed by atoms with E-state index in [-0.39, 0.29) is 23.2 Å². The fourth-order valence-electron chi connectivity index (χ4n) is 3.00. The van der Waals surface area contributed by atoms with Crippen molar-refractivity contribution < 1.29 is 22.5 Å². The van der Waals surface area contributed by atoms with Gasteiger partial charge >= 0.3 is 6.18 Å². The number of piperazine rings is 1. The molecule has 1 aromatic carbocycles. The number of carbonyl (C=O) groups is 1. The lowest BCUT2D eigenvalue weighted by Gasteiger charge is -2.35. The third-order valence-corrected chi connectivity index (χ3v) is 4.73. The van der Waals surface area contributed by atoms with Crippen molar-refractivity contribution in [3.05, 3.63) is 35.7 Å². The molecule has 7 nitrogen and oxygen atoms in total. The average Bonchev–Trinajstić information content (AvgIpc) is 3.15.